The van der Waals surface area contributed by atoms with Crippen LogP contribution in [0.4, 0.5) is 0 Å². The van der Waals surface area contributed by atoms with Gasteiger partial charge in [0.05, 0.1) is 6.04 Å². The second-order valence-electron chi connectivity index (χ2n) is 6.27. The number of hydrogen-bond acceptors (Lipinski definition) is 3. The standard InChI is InChI=1S/C14H25N5/c1-5-6-7-8-10(15)13-17-16-12-9-11(14(2,3)4)18-19(12)13/h9-10,18H,5-8,15H2,1-4H3. The van der Waals surface area contributed by atoms with Crippen molar-refractivity contribution >= 4 is 5.65 Å². The SMILES string of the molecule is CCCCCC(N)c1nnc2cc(C(C)(C)C)[nH]n12. The molecule has 0 aliphatic rings. The van der Waals surface area contributed by atoms with Crippen molar-refractivity contribution in [3.8, 4) is 0 Å². The Bertz CT molecular complexity index is 532. The Morgan fingerprint density at radius 3 is 2.68 bits per heavy atom. The van der Waals surface area contributed by atoms with Gasteiger partial charge in [0.15, 0.2) is 11.5 Å². The first-order valence-corrected chi connectivity index (χ1v) is 7.13. The van der Waals surface area contributed by atoms with E-state index in [9.17, 15) is 0 Å². The molecule has 0 fully saturated rings. The number of H-pyrrole nitrogens is 1. The van der Waals surface area contributed by atoms with Crippen molar-refractivity contribution < 1.29 is 0 Å². The lowest BCUT2D eigenvalue weighted by Gasteiger charge is -2.15. The minimum Gasteiger partial charge on any atom is -0.321 e. The number of nitrogens with one attached hydrogen (secondary N) is 1. The van der Waals surface area contributed by atoms with Gasteiger partial charge in [0.25, 0.3) is 0 Å². The van der Waals surface area contributed by atoms with Crippen LogP contribution in [0, 0.1) is 0 Å². The summed E-state index contributed by atoms with van der Waals surface area (Å²) < 4.78 is 1.93. The number of hydrogen-bond donors (Lipinski definition) is 2. The molecule has 0 saturated heterocycles. The maximum absolute atomic E-state index is 6.22. The summed E-state index contributed by atoms with van der Waals surface area (Å²) in [6.07, 6.45) is 4.52. The predicted octanol–water partition coefficient (Wildman–Crippen LogP) is 2.94. The second-order valence-corrected chi connectivity index (χ2v) is 6.27. The van der Waals surface area contributed by atoms with Crippen molar-refractivity contribution in [1.29, 1.82) is 0 Å². The average Bonchev–Trinajstić information content (AvgIpc) is 2.86. The van der Waals surface area contributed by atoms with Crippen LogP contribution in [0.2, 0.25) is 0 Å². The molecule has 0 radical (unpaired) electrons. The Morgan fingerprint density at radius 1 is 1.32 bits per heavy atom. The lowest BCUT2D eigenvalue weighted by molar-refractivity contribution is 0.532. The molecular weight excluding hydrogens is 238 g/mol. The molecule has 0 amide bonds. The number of nitrogens with zero attached hydrogens (tertiary/aromatic N) is 3. The molecule has 2 rings (SSSR count). The van der Waals surface area contributed by atoms with Crippen LogP contribution in [-0.2, 0) is 5.41 Å². The third kappa shape index (κ3) is 2.97. The van der Waals surface area contributed by atoms with Crippen molar-refractivity contribution in [2.45, 2.75) is 64.8 Å². The Kier molecular flexibility index (Phi) is 3.94. The maximum Gasteiger partial charge on any atom is 0.177 e. The number of unbranched alkanes of at least 4 members (excludes halogenated alkanes) is 2. The van der Waals surface area contributed by atoms with Crippen molar-refractivity contribution in [3.63, 3.8) is 0 Å². The molecule has 106 valence electrons. The molecule has 3 N–H and O–H groups in total. The number of rotatable bonds is 5. The summed E-state index contributed by atoms with van der Waals surface area (Å²) >= 11 is 0. The van der Waals surface area contributed by atoms with E-state index in [1.807, 2.05) is 4.52 Å². The number of aromatic nitrogens is 4. The summed E-state index contributed by atoms with van der Waals surface area (Å²) in [7, 11) is 0. The maximum atomic E-state index is 6.22. The zero-order valence-corrected chi connectivity index (χ0v) is 12.4. The molecule has 1 unspecified atom stereocenters. The van der Waals surface area contributed by atoms with Gasteiger partial charge in [0.2, 0.25) is 0 Å². The lowest BCUT2D eigenvalue weighted by atomic mass is 9.93. The van der Waals surface area contributed by atoms with Crippen molar-refractivity contribution in [2.75, 3.05) is 0 Å². The van der Waals surface area contributed by atoms with Gasteiger partial charge in [-0.05, 0) is 6.42 Å². The third-order valence-corrected chi connectivity index (χ3v) is 3.48. The minimum atomic E-state index is -0.0481. The van der Waals surface area contributed by atoms with Crippen LogP contribution >= 0.6 is 0 Å². The highest BCUT2D eigenvalue weighted by atomic mass is 15.4. The molecule has 0 saturated carbocycles. The quantitative estimate of drug-likeness (QED) is 0.815. The smallest absolute Gasteiger partial charge is 0.177 e. The zero-order valence-electron chi connectivity index (χ0n) is 12.4. The van der Waals surface area contributed by atoms with Gasteiger partial charge < -0.3 is 5.73 Å². The summed E-state index contributed by atoms with van der Waals surface area (Å²) in [4.78, 5) is 0. The predicted molar refractivity (Wildman–Crippen MR) is 77.1 cm³/mol. The van der Waals surface area contributed by atoms with Gasteiger partial charge in [0, 0.05) is 17.2 Å². The van der Waals surface area contributed by atoms with E-state index in [1.165, 1.54) is 12.8 Å². The minimum absolute atomic E-state index is 0.0481. The molecule has 0 spiro atoms. The fraction of sp³-hybridized carbons (Fsp3) is 0.714. The van der Waals surface area contributed by atoms with E-state index in [2.05, 4.69) is 49.1 Å². The van der Waals surface area contributed by atoms with Crippen LogP contribution < -0.4 is 5.73 Å². The van der Waals surface area contributed by atoms with E-state index in [4.69, 9.17) is 5.73 Å². The first kappa shape index (κ1) is 14.1. The first-order chi connectivity index (χ1) is 8.93. The third-order valence-electron chi connectivity index (χ3n) is 3.48. The van der Waals surface area contributed by atoms with Gasteiger partial charge in [-0.1, -0.05) is 47.0 Å². The Hall–Kier alpha value is -1.36. The summed E-state index contributed by atoms with van der Waals surface area (Å²) in [6.45, 7) is 8.72. The molecule has 2 aromatic heterocycles. The summed E-state index contributed by atoms with van der Waals surface area (Å²) in [5.41, 5.74) is 8.30. The number of fused-ring (bicyclic) bond motifs is 1. The van der Waals surface area contributed by atoms with Gasteiger partial charge in [-0.15, -0.1) is 10.2 Å². The molecule has 0 aliphatic carbocycles. The Morgan fingerprint density at radius 2 is 2.05 bits per heavy atom. The summed E-state index contributed by atoms with van der Waals surface area (Å²) in [6, 6.07) is 2.00. The first-order valence-electron chi connectivity index (χ1n) is 7.13. The van der Waals surface area contributed by atoms with E-state index < -0.39 is 0 Å². The molecular formula is C14H25N5. The largest absolute Gasteiger partial charge is 0.321 e. The zero-order chi connectivity index (χ0) is 14.0. The highest BCUT2D eigenvalue weighted by molar-refractivity contribution is 5.41. The van der Waals surface area contributed by atoms with Gasteiger partial charge in [-0.3, -0.25) is 5.10 Å². The number of nitrogens with two attached hydrogens (primary N) is 1. The van der Waals surface area contributed by atoms with E-state index >= 15 is 0 Å². The van der Waals surface area contributed by atoms with Crippen molar-refractivity contribution in [1.82, 2.24) is 19.8 Å². The van der Waals surface area contributed by atoms with Crippen LogP contribution in [0.5, 0.6) is 0 Å². The Balaban J connectivity index is 2.21. The van der Waals surface area contributed by atoms with Gasteiger partial charge in [0.1, 0.15) is 0 Å². The summed E-state index contributed by atoms with van der Waals surface area (Å²) in [5.74, 6) is 0.835. The second kappa shape index (κ2) is 5.33. The fourth-order valence-electron chi connectivity index (χ4n) is 2.17. The van der Waals surface area contributed by atoms with Crippen molar-refractivity contribution in [2.24, 2.45) is 5.73 Å². The molecule has 19 heavy (non-hydrogen) atoms. The number of aromatic amines is 1. The Labute approximate surface area is 114 Å². The molecule has 5 heteroatoms. The molecule has 2 heterocycles. The molecule has 0 aromatic carbocycles. The normalized spacial score (nSPS) is 14.2. The van der Waals surface area contributed by atoms with Crippen LogP contribution in [-0.4, -0.2) is 19.8 Å². The fourth-order valence-corrected chi connectivity index (χ4v) is 2.17. The van der Waals surface area contributed by atoms with E-state index in [0.29, 0.717) is 0 Å². The average molecular weight is 263 g/mol. The van der Waals surface area contributed by atoms with Crippen LogP contribution in [0.15, 0.2) is 6.07 Å². The molecule has 0 bridgehead atoms. The molecule has 2 aromatic rings. The topological polar surface area (TPSA) is 72.0 Å². The van der Waals surface area contributed by atoms with Crippen LogP contribution in [0.25, 0.3) is 5.65 Å². The summed E-state index contributed by atoms with van der Waals surface area (Å²) in [5, 5.41) is 11.8. The van der Waals surface area contributed by atoms with E-state index in [-0.39, 0.29) is 11.5 Å². The lowest BCUT2D eigenvalue weighted by Crippen LogP contribution is -2.16. The van der Waals surface area contributed by atoms with E-state index in [1.54, 1.807) is 0 Å². The monoisotopic (exact) mass is 263 g/mol. The molecule has 1 atom stereocenters. The van der Waals surface area contributed by atoms with Gasteiger partial charge >= 0.3 is 0 Å². The van der Waals surface area contributed by atoms with Crippen LogP contribution in [0.1, 0.15) is 70.9 Å². The van der Waals surface area contributed by atoms with Crippen molar-refractivity contribution in [3.05, 3.63) is 17.6 Å². The van der Waals surface area contributed by atoms with Crippen LogP contribution in [0.3, 0.4) is 0 Å². The van der Waals surface area contributed by atoms with Gasteiger partial charge in [-0.2, -0.15) is 0 Å². The molecule has 0 aliphatic heterocycles. The molecule has 5 nitrogen and oxygen atoms in total. The van der Waals surface area contributed by atoms with Gasteiger partial charge in [-0.25, -0.2) is 4.52 Å². The van der Waals surface area contributed by atoms with E-state index in [0.717, 1.165) is 30.0 Å². The highest BCUT2D eigenvalue weighted by Crippen LogP contribution is 2.23. The highest BCUT2D eigenvalue weighted by Gasteiger charge is 2.20.